The van der Waals surface area contributed by atoms with Crippen molar-refractivity contribution in [1.29, 1.82) is 0 Å². The van der Waals surface area contributed by atoms with Gasteiger partial charge in [0, 0.05) is 19.8 Å². The first-order chi connectivity index (χ1) is 6.75. The number of rotatable bonds is 3. The highest BCUT2D eigenvalue weighted by Gasteiger charge is 2.17. The van der Waals surface area contributed by atoms with Gasteiger partial charge in [0.15, 0.2) is 0 Å². The molecule has 2 heterocycles. The predicted octanol–water partition coefficient (Wildman–Crippen LogP) is 0.516. The summed E-state index contributed by atoms with van der Waals surface area (Å²) in [5.41, 5.74) is 7.07. The first-order valence-electron chi connectivity index (χ1n) is 5.23. The van der Waals surface area contributed by atoms with Gasteiger partial charge >= 0.3 is 0 Å². The molecule has 0 spiro atoms. The van der Waals surface area contributed by atoms with Crippen LogP contribution >= 0.6 is 0 Å². The maximum absolute atomic E-state index is 6.07. The van der Waals surface area contributed by atoms with Crippen LogP contribution in [0.25, 0.3) is 0 Å². The van der Waals surface area contributed by atoms with E-state index >= 15 is 0 Å². The molecule has 0 radical (unpaired) electrons. The Hall–Kier alpha value is -0.870. The maximum atomic E-state index is 6.07. The highest BCUT2D eigenvalue weighted by molar-refractivity contribution is 5.05. The Morgan fingerprint density at radius 1 is 1.50 bits per heavy atom. The number of hydrogen-bond acceptors (Lipinski definition) is 3. The Morgan fingerprint density at radius 3 is 2.79 bits per heavy atom. The van der Waals surface area contributed by atoms with Crippen molar-refractivity contribution in [3.8, 4) is 0 Å². The van der Waals surface area contributed by atoms with E-state index in [0.29, 0.717) is 0 Å². The summed E-state index contributed by atoms with van der Waals surface area (Å²) in [7, 11) is 1.92. The summed E-state index contributed by atoms with van der Waals surface area (Å²) in [6, 6.07) is 2.06. The predicted molar refractivity (Wildman–Crippen MR) is 55.8 cm³/mol. The second kappa shape index (κ2) is 4.11. The van der Waals surface area contributed by atoms with Crippen molar-refractivity contribution in [2.24, 2.45) is 12.8 Å². The van der Waals surface area contributed by atoms with E-state index in [0.717, 1.165) is 12.2 Å². The van der Waals surface area contributed by atoms with E-state index in [1.165, 1.54) is 25.9 Å². The highest BCUT2D eigenvalue weighted by Crippen LogP contribution is 2.13. The molecule has 1 unspecified atom stereocenters. The van der Waals surface area contributed by atoms with Crippen molar-refractivity contribution >= 4 is 0 Å². The molecule has 0 aliphatic carbocycles. The summed E-state index contributed by atoms with van der Waals surface area (Å²) in [6.45, 7) is 3.33. The summed E-state index contributed by atoms with van der Waals surface area (Å²) in [5, 5.41) is 4.32. The fourth-order valence-electron chi connectivity index (χ4n) is 1.97. The Morgan fingerprint density at radius 2 is 2.21 bits per heavy atom. The lowest BCUT2D eigenvalue weighted by atomic mass is 10.2. The van der Waals surface area contributed by atoms with Gasteiger partial charge in [-0.15, -0.1) is 0 Å². The van der Waals surface area contributed by atoms with Crippen LogP contribution in [0.4, 0.5) is 0 Å². The number of likely N-dealkylation sites (tertiary alicyclic amines) is 1. The number of aryl methyl sites for hydroxylation is 1. The molecule has 1 fully saturated rings. The van der Waals surface area contributed by atoms with Crippen LogP contribution in [0.3, 0.4) is 0 Å². The molecule has 0 saturated carbocycles. The van der Waals surface area contributed by atoms with Crippen LogP contribution in [0.5, 0.6) is 0 Å². The monoisotopic (exact) mass is 194 g/mol. The van der Waals surface area contributed by atoms with Crippen LogP contribution in [0.1, 0.15) is 24.6 Å². The Kier molecular flexibility index (Phi) is 2.84. The lowest BCUT2D eigenvalue weighted by Gasteiger charge is -2.18. The van der Waals surface area contributed by atoms with Gasteiger partial charge < -0.3 is 10.6 Å². The highest BCUT2D eigenvalue weighted by atomic mass is 15.3. The van der Waals surface area contributed by atoms with E-state index in [-0.39, 0.29) is 6.04 Å². The molecule has 1 saturated heterocycles. The van der Waals surface area contributed by atoms with Crippen LogP contribution in [0, 0.1) is 0 Å². The van der Waals surface area contributed by atoms with E-state index in [1.54, 1.807) is 4.68 Å². The summed E-state index contributed by atoms with van der Waals surface area (Å²) in [6.07, 6.45) is 4.57. The minimum absolute atomic E-state index is 0.0642. The maximum Gasteiger partial charge on any atom is 0.0804 e. The number of hydrogen-bond donors (Lipinski definition) is 1. The molecule has 1 aromatic rings. The van der Waals surface area contributed by atoms with E-state index < -0.39 is 0 Å². The van der Waals surface area contributed by atoms with Crippen LogP contribution in [-0.2, 0) is 7.05 Å². The van der Waals surface area contributed by atoms with Gasteiger partial charge in [0.1, 0.15) is 0 Å². The molecular formula is C10H18N4. The smallest absolute Gasteiger partial charge is 0.0804 e. The zero-order chi connectivity index (χ0) is 9.97. The molecule has 1 atom stereocenters. The molecule has 1 aliphatic rings. The van der Waals surface area contributed by atoms with Crippen molar-refractivity contribution in [1.82, 2.24) is 14.7 Å². The molecular weight excluding hydrogens is 176 g/mol. The quantitative estimate of drug-likeness (QED) is 0.763. The third-order valence-corrected chi connectivity index (χ3v) is 2.77. The average molecular weight is 194 g/mol. The summed E-state index contributed by atoms with van der Waals surface area (Å²) < 4.78 is 1.80. The minimum atomic E-state index is 0.0642. The van der Waals surface area contributed by atoms with Gasteiger partial charge in [-0.1, -0.05) is 0 Å². The lowest BCUT2D eigenvalue weighted by molar-refractivity contribution is 0.313. The fourth-order valence-corrected chi connectivity index (χ4v) is 1.97. The second-order valence-electron chi connectivity index (χ2n) is 4.03. The number of nitrogens with two attached hydrogens (primary N) is 1. The Balaban J connectivity index is 1.91. The van der Waals surface area contributed by atoms with E-state index in [1.807, 2.05) is 19.3 Å². The molecule has 4 heteroatoms. The first kappa shape index (κ1) is 9.68. The number of aromatic nitrogens is 2. The lowest BCUT2D eigenvalue weighted by Crippen LogP contribution is -2.30. The van der Waals surface area contributed by atoms with Crippen LogP contribution < -0.4 is 5.73 Å². The average Bonchev–Trinajstić information content (AvgIpc) is 2.75. The van der Waals surface area contributed by atoms with Crippen LogP contribution in [-0.4, -0.2) is 34.3 Å². The fraction of sp³-hybridized carbons (Fsp3) is 0.700. The molecule has 0 amide bonds. The van der Waals surface area contributed by atoms with Crippen molar-refractivity contribution in [3.63, 3.8) is 0 Å². The van der Waals surface area contributed by atoms with E-state index in [4.69, 9.17) is 5.73 Å². The molecule has 2 rings (SSSR count). The molecule has 2 N–H and O–H groups in total. The Bertz CT molecular complexity index is 288. The SMILES string of the molecule is Cn1ccc(C(N)CN2CCCC2)n1. The van der Waals surface area contributed by atoms with Gasteiger partial charge in [0.2, 0.25) is 0 Å². The Labute approximate surface area is 84.7 Å². The van der Waals surface area contributed by atoms with Crippen molar-refractivity contribution < 1.29 is 0 Å². The molecule has 0 aromatic carbocycles. The van der Waals surface area contributed by atoms with Crippen LogP contribution in [0.15, 0.2) is 12.3 Å². The third-order valence-electron chi connectivity index (χ3n) is 2.77. The van der Waals surface area contributed by atoms with Crippen molar-refractivity contribution in [2.45, 2.75) is 18.9 Å². The summed E-state index contributed by atoms with van der Waals surface area (Å²) >= 11 is 0. The van der Waals surface area contributed by atoms with Gasteiger partial charge in [-0.3, -0.25) is 4.68 Å². The normalized spacial score (nSPS) is 20.1. The van der Waals surface area contributed by atoms with Crippen molar-refractivity contribution in [2.75, 3.05) is 19.6 Å². The topological polar surface area (TPSA) is 47.1 Å². The molecule has 14 heavy (non-hydrogen) atoms. The molecule has 1 aliphatic heterocycles. The third kappa shape index (κ3) is 2.13. The first-order valence-corrected chi connectivity index (χ1v) is 5.23. The van der Waals surface area contributed by atoms with Crippen LogP contribution in [0.2, 0.25) is 0 Å². The number of nitrogens with zero attached hydrogens (tertiary/aromatic N) is 3. The second-order valence-corrected chi connectivity index (χ2v) is 4.03. The van der Waals surface area contributed by atoms with Gasteiger partial charge in [-0.2, -0.15) is 5.10 Å². The van der Waals surface area contributed by atoms with E-state index in [2.05, 4.69) is 10.00 Å². The zero-order valence-electron chi connectivity index (χ0n) is 8.69. The molecule has 0 bridgehead atoms. The standard InChI is InChI=1S/C10H18N4/c1-13-7-4-10(12-13)9(11)8-14-5-2-3-6-14/h4,7,9H,2-3,5-6,8,11H2,1H3. The zero-order valence-corrected chi connectivity index (χ0v) is 8.69. The van der Waals surface area contributed by atoms with Gasteiger partial charge in [0.25, 0.3) is 0 Å². The van der Waals surface area contributed by atoms with Gasteiger partial charge in [-0.05, 0) is 32.0 Å². The van der Waals surface area contributed by atoms with Crippen molar-refractivity contribution in [3.05, 3.63) is 18.0 Å². The summed E-state index contributed by atoms with van der Waals surface area (Å²) in [4.78, 5) is 2.42. The van der Waals surface area contributed by atoms with Gasteiger partial charge in [-0.25, -0.2) is 0 Å². The van der Waals surface area contributed by atoms with E-state index in [9.17, 15) is 0 Å². The summed E-state index contributed by atoms with van der Waals surface area (Å²) in [5.74, 6) is 0. The molecule has 4 nitrogen and oxygen atoms in total. The largest absolute Gasteiger partial charge is 0.322 e. The molecule has 78 valence electrons. The minimum Gasteiger partial charge on any atom is -0.322 e. The molecule has 1 aromatic heterocycles. The van der Waals surface area contributed by atoms with Gasteiger partial charge in [0.05, 0.1) is 11.7 Å².